The van der Waals surface area contributed by atoms with Crippen LogP contribution < -0.4 is 0 Å². The third kappa shape index (κ3) is 3.12. The number of pyridine rings is 1. The molecule has 0 aliphatic carbocycles. The van der Waals surface area contributed by atoms with E-state index in [1.165, 1.54) is 12.3 Å². The van der Waals surface area contributed by atoms with E-state index in [-0.39, 0.29) is 4.90 Å². The molecule has 0 aromatic carbocycles. The Morgan fingerprint density at radius 1 is 1.47 bits per heavy atom. The van der Waals surface area contributed by atoms with Gasteiger partial charge in [0.2, 0.25) is 0 Å². The number of halogens is 1. The fourth-order valence-electron chi connectivity index (χ4n) is 1.02. The summed E-state index contributed by atoms with van der Waals surface area (Å²) in [7, 11) is -3.30. The average Bonchev–Trinajstić information content (AvgIpc) is 2.00. The van der Waals surface area contributed by atoms with Crippen molar-refractivity contribution in [3.63, 3.8) is 0 Å². The molecule has 4 nitrogen and oxygen atoms in total. The van der Waals surface area contributed by atoms with Gasteiger partial charge in [0.1, 0.15) is 3.70 Å². The van der Waals surface area contributed by atoms with Gasteiger partial charge in [-0.15, -0.1) is 0 Å². The SMILES string of the molecule is CC(C)(O)c1cnc(I)c(S(C)(=O)=O)c1. The van der Waals surface area contributed by atoms with Crippen LogP contribution in [0.3, 0.4) is 0 Å². The number of hydrogen-bond acceptors (Lipinski definition) is 4. The number of aliphatic hydroxyl groups is 1. The molecule has 0 fully saturated rings. The van der Waals surface area contributed by atoms with Gasteiger partial charge in [-0.1, -0.05) is 0 Å². The van der Waals surface area contributed by atoms with Crippen molar-refractivity contribution in [2.24, 2.45) is 0 Å². The molecule has 0 bridgehead atoms. The quantitative estimate of drug-likeness (QED) is 0.651. The lowest BCUT2D eigenvalue weighted by Crippen LogP contribution is -2.17. The Bertz CT molecular complexity index is 477. The zero-order valence-electron chi connectivity index (χ0n) is 8.65. The summed E-state index contributed by atoms with van der Waals surface area (Å²) in [6, 6.07) is 1.46. The van der Waals surface area contributed by atoms with Crippen LogP contribution in [0.25, 0.3) is 0 Å². The van der Waals surface area contributed by atoms with Crippen molar-refractivity contribution < 1.29 is 13.5 Å². The standard InChI is InChI=1S/C9H12INO3S/c1-9(2,12)6-4-7(15(3,13)14)8(10)11-5-6/h4-5,12H,1-3H3. The fourth-order valence-corrected chi connectivity index (χ4v) is 3.22. The molecule has 0 saturated heterocycles. The van der Waals surface area contributed by atoms with Crippen molar-refractivity contribution >= 4 is 32.4 Å². The van der Waals surface area contributed by atoms with Gasteiger partial charge in [-0.2, -0.15) is 0 Å². The molecule has 1 heterocycles. The van der Waals surface area contributed by atoms with E-state index in [9.17, 15) is 13.5 Å². The van der Waals surface area contributed by atoms with E-state index in [1.807, 2.05) is 22.6 Å². The van der Waals surface area contributed by atoms with Gasteiger partial charge in [0.15, 0.2) is 9.84 Å². The van der Waals surface area contributed by atoms with Crippen LogP contribution in [0.1, 0.15) is 19.4 Å². The lowest BCUT2D eigenvalue weighted by molar-refractivity contribution is 0.0779. The smallest absolute Gasteiger partial charge is 0.178 e. The first-order chi connectivity index (χ1) is 6.62. The summed E-state index contributed by atoms with van der Waals surface area (Å²) in [6.07, 6.45) is 2.61. The maximum Gasteiger partial charge on any atom is 0.178 e. The first-order valence-corrected chi connectivity index (χ1v) is 7.18. The fraction of sp³-hybridized carbons (Fsp3) is 0.444. The van der Waals surface area contributed by atoms with Crippen molar-refractivity contribution in [1.82, 2.24) is 4.98 Å². The van der Waals surface area contributed by atoms with Crippen LogP contribution in [0, 0.1) is 3.70 Å². The lowest BCUT2D eigenvalue weighted by Gasteiger charge is -2.18. The van der Waals surface area contributed by atoms with E-state index < -0.39 is 15.4 Å². The highest BCUT2D eigenvalue weighted by atomic mass is 127. The van der Waals surface area contributed by atoms with Crippen LogP contribution in [-0.4, -0.2) is 24.8 Å². The molecule has 0 saturated carbocycles. The van der Waals surface area contributed by atoms with Crippen molar-refractivity contribution in [2.75, 3.05) is 6.26 Å². The predicted molar refractivity (Wildman–Crippen MR) is 65.3 cm³/mol. The summed E-state index contributed by atoms with van der Waals surface area (Å²) in [5.41, 5.74) is -0.597. The summed E-state index contributed by atoms with van der Waals surface area (Å²) < 4.78 is 23.2. The van der Waals surface area contributed by atoms with E-state index in [2.05, 4.69) is 4.98 Å². The highest BCUT2D eigenvalue weighted by molar-refractivity contribution is 14.1. The second-order valence-electron chi connectivity index (χ2n) is 3.84. The van der Waals surface area contributed by atoms with Crippen LogP contribution in [0.5, 0.6) is 0 Å². The molecule has 0 atom stereocenters. The number of aromatic nitrogens is 1. The molecule has 0 aliphatic heterocycles. The molecule has 0 radical (unpaired) electrons. The zero-order chi connectivity index (χ0) is 11.9. The van der Waals surface area contributed by atoms with Gasteiger partial charge in [0.25, 0.3) is 0 Å². The second-order valence-corrected chi connectivity index (χ2v) is 6.85. The first kappa shape index (κ1) is 12.9. The van der Waals surface area contributed by atoms with Crippen LogP contribution in [0.4, 0.5) is 0 Å². The minimum Gasteiger partial charge on any atom is -0.386 e. The Hall–Kier alpha value is -0.210. The van der Waals surface area contributed by atoms with Gasteiger partial charge in [-0.05, 0) is 42.5 Å². The van der Waals surface area contributed by atoms with Gasteiger partial charge < -0.3 is 5.11 Å². The third-order valence-corrected chi connectivity index (χ3v) is 4.25. The third-order valence-electron chi connectivity index (χ3n) is 1.91. The average molecular weight is 341 g/mol. The highest BCUT2D eigenvalue weighted by Crippen LogP contribution is 2.24. The van der Waals surface area contributed by atoms with E-state index in [0.717, 1.165) is 6.26 Å². The summed E-state index contributed by atoms with van der Waals surface area (Å²) in [5.74, 6) is 0. The molecule has 1 aromatic heterocycles. The van der Waals surface area contributed by atoms with Gasteiger partial charge in [0, 0.05) is 18.0 Å². The molecule has 0 aliphatic rings. The highest BCUT2D eigenvalue weighted by Gasteiger charge is 2.21. The molecule has 0 amide bonds. The Kier molecular flexibility index (Phi) is 3.42. The minimum absolute atomic E-state index is 0.155. The molecule has 0 unspecified atom stereocenters. The summed E-state index contributed by atoms with van der Waals surface area (Å²) >= 11 is 1.86. The number of nitrogens with zero attached hydrogens (tertiary/aromatic N) is 1. The molecule has 6 heteroatoms. The van der Waals surface area contributed by atoms with Gasteiger partial charge in [-0.25, -0.2) is 13.4 Å². The summed E-state index contributed by atoms with van der Waals surface area (Å²) in [4.78, 5) is 4.11. The van der Waals surface area contributed by atoms with Crippen molar-refractivity contribution in [3.05, 3.63) is 21.5 Å². The molecular formula is C9H12INO3S. The monoisotopic (exact) mass is 341 g/mol. The topological polar surface area (TPSA) is 67.3 Å². The van der Waals surface area contributed by atoms with Gasteiger partial charge in [-0.3, -0.25) is 0 Å². The molecular weight excluding hydrogens is 329 g/mol. The van der Waals surface area contributed by atoms with Gasteiger partial charge >= 0.3 is 0 Å². The molecule has 1 rings (SSSR count). The van der Waals surface area contributed by atoms with Crippen LogP contribution in [-0.2, 0) is 15.4 Å². The van der Waals surface area contributed by atoms with E-state index in [4.69, 9.17) is 0 Å². The van der Waals surface area contributed by atoms with Gasteiger partial charge in [0.05, 0.1) is 10.5 Å². The van der Waals surface area contributed by atoms with Crippen LogP contribution in [0.2, 0.25) is 0 Å². The van der Waals surface area contributed by atoms with Crippen LogP contribution in [0.15, 0.2) is 17.2 Å². The molecule has 84 valence electrons. The van der Waals surface area contributed by atoms with Crippen molar-refractivity contribution in [3.8, 4) is 0 Å². The minimum atomic E-state index is -3.30. The van der Waals surface area contributed by atoms with E-state index >= 15 is 0 Å². The number of sulfone groups is 1. The Balaban J connectivity index is 3.43. The Morgan fingerprint density at radius 3 is 2.40 bits per heavy atom. The van der Waals surface area contributed by atoms with E-state index in [1.54, 1.807) is 13.8 Å². The first-order valence-electron chi connectivity index (χ1n) is 4.21. The predicted octanol–water partition coefficient (Wildman–Crippen LogP) is 1.32. The normalized spacial score (nSPS) is 12.9. The maximum absolute atomic E-state index is 11.4. The van der Waals surface area contributed by atoms with Crippen LogP contribution >= 0.6 is 22.6 Å². The maximum atomic E-state index is 11.4. The van der Waals surface area contributed by atoms with Crippen molar-refractivity contribution in [1.29, 1.82) is 0 Å². The second kappa shape index (κ2) is 3.99. The molecule has 0 spiro atoms. The summed E-state index contributed by atoms with van der Waals surface area (Å²) in [5, 5.41) is 9.73. The Labute approximate surface area is 103 Å². The number of rotatable bonds is 2. The zero-order valence-corrected chi connectivity index (χ0v) is 11.6. The summed E-state index contributed by atoms with van der Waals surface area (Å²) in [6.45, 7) is 3.17. The number of hydrogen-bond donors (Lipinski definition) is 1. The van der Waals surface area contributed by atoms with E-state index in [0.29, 0.717) is 9.26 Å². The molecule has 1 aromatic rings. The molecule has 1 N–H and O–H groups in total. The van der Waals surface area contributed by atoms with Crippen molar-refractivity contribution in [2.45, 2.75) is 24.3 Å². The molecule has 15 heavy (non-hydrogen) atoms. The lowest BCUT2D eigenvalue weighted by atomic mass is 10.0. The largest absolute Gasteiger partial charge is 0.386 e. The Morgan fingerprint density at radius 2 is 2.00 bits per heavy atom.